The molecule has 0 aliphatic heterocycles. The minimum Gasteiger partial charge on any atom is -0.374 e. The van der Waals surface area contributed by atoms with Crippen LogP contribution < -0.4 is 0 Å². The summed E-state index contributed by atoms with van der Waals surface area (Å²) in [5.41, 5.74) is -0.0958. The minimum atomic E-state index is -1.11. The molecule has 2 nitrogen and oxygen atoms in total. The smallest absolute Gasteiger partial charge is 0.194 e. The van der Waals surface area contributed by atoms with Gasteiger partial charge in [-0.3, -0.25) is 4.79 Å². The van der Waals surface area contributed by atoms with Crippen molar-refractivity contribution in [2.24, 2.45) is 0 Å². The van der Waals surface area contributed by atoms with Gasteiger partial charge in [0, 0.05) is 7.11 Å². The molecule has 0 N–H and O–H groups in total. The summed E-state index contributed by atoms with van der Waals surface area (Å²) in [7, 11) is 1.34. The molecule has 0 heterocycles. The van der Waals surface area contributed by atoms with Crippen molar-refractivity contribution in [2.75, 3.05) is 7.11 Å². The molecule has 0 spiro atoms. The van der Waals surface area contributed by atoms with E-state index in [0.717, 1.165) is 0 Å². The third kappa shape index (κ3) is 2.21. The molecule has 1 unspecified atom stereocenters. The average molecular weight is 214 g/mol. The topological polar surface area (TPSA) is 26.3 Å². The summed E-state index contributed by atoms with van der Waals surface area (Å²) in [6.45, 7) is 2.92. The third-order valence-corrected chi connectivity index (χ3v) is 2.26. The highest BCUT2D eigenvalue weighted by atomic mass is 19.2. The zero-order valence-corrected chi connectivity index (χ0v) is 8.80. The molecule has 0 aliphatic rings. The fraction of sp³-hybridized carbons (Fsp3) is 0.364. The number of hydrogen-bond acceptors (Lipinski definition) is 2. The van der Waals surface area contributed by atoms with Crippen molar-refractivity contribution >= 4 is 5.78 Å². The van der Waals surface area contributed by atoms with Crippen molar-refractivity contribution in [2.45, 2.75) is 20.0 Å². The quantitative estimate of drug-likeness (QED) is 0.722. The second-order valence-electron chi connectivity index (χ2n) is 3.30. The Hall–Kier alpha value is -1.29. The number of aryl methyl sites for hydroxylation is 1. The lowest BCUT2D eigenvalue weighted by Crippen LogP contribution is -2.21. The van der Waals surface area contributed by atoms with Gasteiger partial charge in [-0.2, -0.15) is 0 Å². The van der Waals surface area contributed by atoms with Crippen LogP contribution in [0.2, 0.25) is 0 Å². The van der Waals surface area contributed by atoms with Crippen molar-refractivity contribution in [3.63, 3.8) is 0 Å². The first-order valence-corrected chi connectivity index (χ1v) is 4.50. The van der Waals surface area contributed by atoms with Gasteiger partial charge < -0.3 is 4.74 Å². The standard InChI is InChI=1S/C11H12F2O2/c1-6-4-5-8(10(13)9(6)12)11(14)7(2)15-3/h4-5,7H,1-3H3. The van der Waals surface area contributed by atoms with Crippen molar-refractivity contribution in [3.05, 3.63) is 34.9 Å². The first-order chi connectivity index (χ1) is 6.99. The Morgan fingerprint density at radius 2 is 1.93 bits per heavy atom. The summed E-state index contributed by atoms with van der Waals surface area (Å²) in [6, 6.07) is 2.64. The molecule has 15 heavy (non-hydrogen) atoms. The molecule has 0 saturated carbocycles. The van der Waals surface area contributed by atoms with E-state index in [1.165, 1.54) is 33.1 Å². The highest BCUT2D eigenvalue weighted by Gasteiger charge is 2.21. The Bertz CT molecular complexity index is 388. The van der Waals surface area contributed by atoms with Crippen LogP contribution in [0, 0.1) is 18.6 Å². The average Bonchev–Trinajstić information content (AvgIpc) is 2.24. The van der Waals surface area contributed by atoms with Crippen LogP contribution in [0.15, 0.2) is 12.1 Å². The van der Waals surface area contributed by atoms with Gasteiger partial charge in [-0.05, 0) is 25.5 Å². The number of Topliss-reactive ketones (excluding diaryl/α,β-unsaturated/α-hetero) is 1. The van der Waals surface area contributed by atoms with E-state index < -0.39 is 23.5 Å². The molecule has 4 heteroatoms. The Kier molecular flexibility index (Phi) is 3.52. The largest absolute Gasteiger partial charge is 0.374 e. The lowest BCUT2D eigenvalue weighted by atomic mass is 10.0. The number of methoxy groups -OCH3 is 1. The molecule has 0 radical (unpaired) electrons. The monoisotopic (exact) mass is 214 g/mol. The molecule has 82 valence electrons. The number of ether oxygens (including phenoxy) is 1. The van der Waals surface area contributed by atoms with Gasteiger partial charge in [-0.15, -0.1) is 0 Å². The van der Waals surface area contributed by atoms with E-state index in [-0.39, 0.29) is 11.1 Å². The highest BCUT2D eigenvalue weighted by molar-refractivity contribution is 5.99. The van der Waals surface area contributed by atoms with Gasteiger partial charge in [0.15, 0.2) is 17.4 Å². The van der Waals surface area contributed by atoms with E-state index in [0.29, 0.717) is 0 Å². The van der Waals surface area contributed by atoms with Gasteiger partial charge in [0.1, 0.15) is 6.10 Å². The van der Waals surface area contributed by atoms with E-state index in [4.69, 9.17) is 4.74 Å². The molecule has 1 atom stereocenters. The van der Waals surface area contributed by atoms with Crippen LogP contribution >= 0.6 is 0 Å². The van der Waals surface area contributed by atoms with Gasteiger partial charge in [0.05, 0.1) is 5.56 Å². The summed E-state index contributed by atoms with van der Waals surface area (Å²) in [6.07, 6.45) is -0.776. The molecule has 1 aromatic carbocycles. The predicted octanol–water partition coefficient (Wildman–Crippen LogP) is 2.49. The number of halogens is 2. The fourth-order valence-electron chi connectivity index (χ4n) is 1.16. The van der Waals surface area contributed by atoms with Crippen LogP contribution in [-0.4, -0.2) is 19.0 Å². The summed E-state index contributed by atoms with van der Waals surface area (Å²) >= 11 is 0. The summed E-state index contributed by atoms with van der Waals surface area (Å²) in [4.78, 5) is 11.5. The van der Waals surface area contributed by atoms with Crippen molar-refractivity contribution in [3.8, 4) is 0 Å². The van der Waals surface area contributed by atoms with E-state index in [9.17, 15) is 13.6 Å². The van der Waals surface area contributed by atoms with Crippen molar-refractivity contribution in [1.29, 1.82) is 0 Å². The van der Waals surface area contributed by atoms with E-state index in [1.54, 1.807) is 0 Å². The van der Waals surface area contributed by atoms with Crippen LogP contribution in [0.25, 0.3) is 0 Å². The van der Waals surface area contributed by atoms with Crippen molar-refractivity contribution in [1.82, 2.24) is 0 Å². The van der Waals surface area contributed by atoms with Gasteiger partial charge in [0.25, 0.3) is 0 Å². The molecule has 1 rings (SSSR count). The van der Waals surface area contributed by atoms with Gasteiger partial charge in [0.2, 0.25) is 0 Å². The highest BCUT2D eigenvalue weighted by Crippen LogP contribution is 2.17. The number of carbonyl (C=O) groups is 1. The Balaban J connectivity index is 3.16. The summed E-state index contributed by atoms with van der Waals surface area (Å²) in [5.74, 6) is -2.65. The molecule has 0 aliphatic carbocycles. The maximum Gasteiger partial charge on any atom is 0.194 e. The maximum absolute atomic E-state index is 13.4. The Labute approximate surface area is 86.9 Å². The van der Waals surface area contributed by atoms with Gasteiger partial charge >= 0.3 is 0 Å². The molecule has 0 aromatic heterocycles. The first-order valence-electron chi connectivity index (χ1n) is 4.50. The number of carbonyl (C=O) groups excluding carboxylic acids is 1. The number of rotatable bonds is 3. The molecule has 1 aromatic rings. The second-order valence-corrected chi connectivity index (χ2v) is 3.30. The lowest BCUT2D eigenvalue weighted by molar-refractivity contribution is 0.0650. The Morgan fingerprint density at radius 3 is 2.47 bits per heavy atom. The van der Waals surface area contributed by atoms with Crippen LogP contribution in [0.4, 0.5) is 8.78 Å². The Morgan fingerprint density at radius 1 is 1.33 bits per heavy atom. The summed E-state index contributed by atoms with van der Waals surface area (Å²) < 4.78 is 31.3. The molecular formula is C11H12F2O2. The zero-order valence-electron chi connectivity index (χ0n) is 8.80. The van der Waals surface area contributed by atoms with E-state index in [1.807, 2.05) is 0 Å². The molecule has 0 fully saturated rings. The van der Waals surface area contributed by atoms with Crippen LogP contribution in [0.1, 0.15) is 22.8 Å². The maximum atomic E-state index is 13.4. The SMILES string of the molecule is COC(C)C(=O)c1ccc(C)c(F)c1F. The van der Waals surface area contributed by atoms with Crippen LogP contribution in [-0.2, 0) is 4.74 Å². The van der Waals surface area contributed by atoms with Gasteiger partial charge in [-0.25, -0.2) is 8.78 Å². The van der Waals surface area contributed by atoms with Crippen LogP contribution in [0.3, 0.4) is 0 Å². The summed E-state index contributed by atoms with van der Waals surface area (Å²) in [5, 5.41) is 0. The zero-order chi connectivity index (χ0) is 11.6. The molecule has 0 saturated heterocycles. The number of benzene rings is 1. The lowest BCUT2D eigenvalue weighted by Gasteiger charge is -2.09. The number of ketones is 1. The number of hydrogen-bond donors (Lipinski definition) is 0. The second kappa shape index (κ2) is 4.49. The van der Waals surface area contributed by atoms with E-state index >= 15 is 0 Å². The normalized spacial score (nSPS) is 12.6. The van der Waals surface area contributed by atoms with Gasteiger partial charge in [-0.1, -0.05) is 6.07 Å². The molecule has 0 bridgehead atoms. The molecule has 0 amide bonds. The molecular weight excluding hydrogens is 202 g/mol. The fourth-order valence-corrected chi connectivity index (χ4v) is 1.16. The predicted molar refractivity (Wildman–Crippen MR) is 51.9 cm³/mol. The van der Waals surface area contributed by atoms with E-state index in [2.05, 4.69) is 0 Å². The minimum absolute atomic E-state index is 0.175. The van der Waals surface area contributed by atoms with Crippen LogP contribution in [0.5, 0.6) is 0 Å². The van der Waals surface area contributed by atoms with Crippen molar-refractivity contribution < 1.29 is 18.3 Å². The first kappa shape index (κ1) is 11.8. The third-order valence-electron chi connectivity index (χ3n) is 2.26.